The fourth-order valence-corrected chi connectivity index (χ4v) is 5.98. The van der Waals surface area contributed by atoms with Gasteiger partial charge in [-0.1, -0.05) is 76.9 Å². The standard InChI is InChI=1S/C31H37BrClN3O4S/c1-4-23(2)34-31(38)29(21-24-10-6-5-7-11-24)35(22-25-12-8-13-26(32)20-25)30(37)14-9-19-36(41(3,39)40)28-17-15-27(33)16-18-28/h5-8,10-13,15-18,20,23,29H,4,9,14,19,21-22H2,1-3H3,(H,34,38)/t23-,29+/m0/s1. The first kappa shape index (κ1) is 32.6. The molecule has 10 heteroatoms. The van der Waals surface area contributed by atoms with Crippen LogP contribution in [0.15, 0.2) is 83.3 Å². The number of halogens is 2. The van der Waals surface area contributed by atoms with Crippen LogP contribution in [0.4, 0.5) is 5.69 Å². The van der Waals surface area contributed by atoms with Gasteiger partial charge in [-0.25, -0.2) is 8.42 Å². The Balaban J connectivity index is 1.89. The maximum Gasteiger partial charge on any atom is 0.243 e. The number of anilines is 1. The van der Waals surface area contributed by atoms with Crippen LogP contribution in [0, 0.1) is 0 Å². The summed E-state index contributed by atoms with van der Waals surface area (Å²) in [7, 11) is -3.59. The third kappa shape index (κ3) is 10.2. The smallest absolute Gasteiger partial charge is 0.243 e. The van der Waals surface area contributed by atoms with Crippen LogP contribution in [0.25, 0.3) is 0 Å². The van der Waals surface area contributed by atoms with Crippen LogP contribution in [0.5, 0.6) is 0 Å². The van der Waals surface area contributed by atoms with E-state index in [9.17, 15) is 18.0 Å². The summed E-state index contributed by atoms with van der Waals surface area (Å²) in [6.45, 7) is 4.28. The van der Waals surface area contributed by atoms with E-state index in [1.54, 1.807) is 29.2 Å². The Labute approximate surface area is 257 Å². The first-order chi connectivity index (χ1) is 19.5. The van der Waals surface area contributed by atoms with Crippen LogP contribution in [-0.2, 0) is 32.6 Å². The number of nitrogens with one attached hydrogen (secondary N) is 1. The van der Waals surface area contributed by atoms with E-state index in [2.05, 4.69) is 21.2 Å². The minimum atomic E-state index is -3.59. The second-order valence-corrected chi connectivity index (χ2v) is 13.3. The maximum absolute atomic E-state index is 13.9. The summed E-state index contributed by atoms with van der Waals surface area (Å²) in [5.41, 5.74) is 2.29. The molecule has 0 unspecified atom stereocenters. The predicted octanol–water partition coefficient (Wildman–Crippen LogP) is 6.20. The molecule has 0 aliphatic rings. The first-order valence-electron chi connectivity index (χ1n) is 13.6. The lowest BCUT2D eigenvalue weighted by Crippen LogP contribution is -2.52. The van der Waals surface area contributed by atoms with Crippen molar-refractivity contribution in [3.63, 3.8) is 0 Å². The highest BCUT2D eigenvalue weighted by atomic mass is 79.9. The molecule has 3 aromatic rings. The number of nitrogens with zero attached hydrogens (tertiary/aromatic N) is 2. The molecule has 0 saturated heterocycles. The summed E-state index contributed by atoms with van der Waals surface area (Å²) in [4.78, 5) is 29.1. The van der Waals surface area contributed by atoms with Crippen LogP contribution in [0.2, 0.25) is 5.02 Å². The van der Waals surface area contributed by atoms with E-state index in [0.29, 0.717) is 17.1 Å². The molecule has 0 aliphatic carbocycles. The van der Waals surface area contributed by atoms with Gasteiger partial charge >= 0.3 is 0 Å². The van der Waals surface area contributed by atoms with Crippen LogP contribution in [-0.4, -0.2) is 50.0 Å². The minimum Gasteiger partial charge on any atom is -0.352 e. The van der Waals surface area contributed by atoms with Gasteiger partial charge in [0.25, 0.3) is 0 Å². The second kappa shape index (κ2) is 15.4. The molecule has 3 rings (SSSR count). The van der Waals surface area contributed by atoms with Crippen molar-refractivity contribution in [2.45, 2.75) is 58.2 Å². The summed E-state index contributed by atoms with van der Waals surface area (Å²) in [6.07, 6.45) is 2.58. The SMILES string of the molecule is CC[C@H](C)NC(=O)[C@@H](Cc1ccccc1)N(Cc1cccc(Br)c1)C(=O)CCCN(c1ccc(Cl)cc1)S(C)(=O)=O. The molecule has 0 radical (unpaired) electrons. The van der Waals surface area contributed by atoms with Gasteiger partial charge in [-0.2, -0.15) is 0 Å². The Kier molecular flexibility index (Phi) is 12.2. The number of hydrogen-bond donors (Lipinski definition) is 1. The molecule has 41 heavy (non-hydrogen) atoms. The van der Waals surface area contributed by atoms with Crippen molar-refractivity contribution < 1.29 is 18.0 Å². The molecule has 0 fully saturated rings. The highest BCUT2D eigenvalue weighted by Gasteiger charge is 2.31. The number of sulfonamides is 1. The topological polar surface area (TPSA) is 86.8 Å². The van der Waals surface area contributed by atoms with Gasteiger partial charge in [0.15, 0.2) is 0 Å². The van der Waals surface area contributed by atoms with Crippen LogP contribution in [0.1, 0.15) is 44.2 Å². The van der Waals surface area contributed by atoms with E-state index >= 15 is 0 Å². The Morgan fingerprint density at radius 1 is 0.976 bits per heavy atom. The number of rotatable bonds is 14. The summed E-state index contributed by atoms with van der Waals surface area (Å²) in [6, 6.07) is 23.0. The zero-order valence-electron chi connectivity index (χ0n) is 23.6. The molecule has 1 N–H and O–H groups in total. The van der Waals surface area contributed by atoms with Crippen molar-refractivity contribution >= 4 is 55.1 Å². The average Bonchev–Trinajstić information content (AvgIpc) is 2.93. The van der Waals surface area contributed by atoms with Gasteiger partial charge in [-0.15, -0.1) is 0 Å². The van der Waals surface area contributed by atoms with Gasteiger partial charge in [-0.05, 0) is 67.3 Å². The molecule has 0 aromatic heterocycles. The molecule has 0 bridgehead atoms. The van der Waals surface area contributed by atoms with Gasteiger partial charge in [0.1, 0.15) is 6.04 Å². The fourth-order valence-electron chi connectivity index (χ4n) is 4.44. The summed E-state index contributed by atoms with van der Waals surface area (Å²) in [5.74, 6) is -0.444. The van der Waals surface area contributed by atoms with Gasteiger partial charge in [-0.3, -0.25) is 13.9 Å². The lowest BCUT2D eigenvalue weighted by Gasteiger charge is -2.32. The summed E-state index contributed by atoms with van der Waals surface area (Å²) >= 11 is 9.49. The molecular formula is C31H37BrClN3O4S. The highest BCUT2D eigenvalue weighted by molar-refractivity contribution is 9.10. The normalized spacial score (nSPS) is 12.8. The van der Waals surface area contributed by atoms with Crippen molar-refractivity contribution in [1.29, 1.82) is 0 Å². The Morgan fingerprint density at radius 2 is 1.63 bits per heavy atom. The largest absolute Gasteiger partial charge is 0.352 e. The average molecular weight is 663 g/mol. The van der Waals surface area contributed by atoms with E-state index in [4.69, 9.17) is 11.6 Å². The maximum atomic E-state index is 13.9. The van der Waals surface area contributed by atoms with E-state index in [1.165, 1.54) is 4.31 Å². The zero-order chi connectivity index (χ0) is 30.0. The Hall–Kier alpha value is -2.88. The summed E-state index contributed by atoms with van der Waals surface area (Å²) in [5, 5.41) is 3.56. The molecule has 0 spiro atoms. The van der Waals surface area contributed by atoms with E-state index in [1.807, 2.05) is 68.4 Å². The molecule has 7 nitrogen and oxygen atoms in total. The van der Waals surface area contributed by atoms with Crippen molar-refractivity contribution in [1.82, 2.24) is 10.2 Å². The predicted molar refractivity (Wildman–Crippen MR) is 169 cm³/mol. The number of hydrogen-bond acceptors (Lipinski definition) is 4. The lowest BCUT2D eigenvalue weighted by molar-refractivity contribution is -0.141. The second-order valence-electron chi connectivity index (χ2n) is 10.1. The van der Waals surface area contributed by atoms with Crippen molar-refractivity contribution in [3.8, 4) is 0 Å². The number of carbonyl (C=O) groups excluding carboxylic acids is 2. The van der Waals surface area contributed by atoms with Crippen molar-refractivity contribution in [2.24, 2.45) is 0 Å². The Bertz CT molecular complexity index is 1400. The number of benzene rings is 3. The van der Waals surface area contributed by atoms with E-state index in [-0.39, 0.29) is 43.8 Å². The van der Waals surface area contributed by atoms with Crippen LogP contribution < -0.4 is 9.62 Å². The van der Waals surface area contributed by atoms with Crippen LogP contribution in [0.3, 0.4) is 0 Å². The molecule has 0 aliphatic heterocycles. The Morgan fingerprint density at radius 3 is 2.24 bits per heavy atom. The molecule has 0 saturated carbocycles. The van der Waals surface area contributed by atoms with Gasteiger partial charge in [0.05, 0.1) is 11.9 Å². The molecule has 220 valence electrons. The molecule has 0 heterocycles. The van der Waals surface area contributed by atoms with Crippen molar-refractivity contribution in [2.75, 3.05) is 17.1 Å². The lowest BCUT2D eigenvalue weighted by atomic mass is 10.0. The van der Waals surface area contributed by atoms with Crippen LogP contribution >= 0.6 is 27.5 Å². The monoisotopic (exact) mass is 661 g/mol. The zero-order valence-corrected chi connectivity index (χ0v) is 26.8. The molecule has 3 aromatic carbocycles. The highest BCUT2D eigenvalue weighted by Crippen LogP contribution is 2.23. The fraction of sp³-hybridized carbons (Fsp3) is 0.355. The third-order valence-electron chi connectivity index (χ3n) is 6.78. The summed E-state index contributed by atoms with van der Waals surface area (Å²) < 4.78 is 27.3. The number of carbonyl (C=O) groups is 2. The first-order valence-corrected chi connectivity index (χ1v) is 16.6. The minimum absolute atomic E-state index is 0.0497. The van der Waals surface area contributed by atoms with Gasteiger partial charge in [0.2, 0.25) is 21.8 Å². The van der Waals surface area contributed by atoms with E-state index < -0.39 is 16.1 Å². The molecular weight excluding hydrogens is 626 g/mol. The van der Waals surface area contributed by atoms with Gasteiger partial charge < -0.3 is 10.2 Å². The van der Waals surface area contributed by atoms with E-state index in [0.717, 1.165) is 28.3 Å². The van der Waals surface area contributed by atoms with Crippen molar-refractivity contribution in [3.05, 3.63) is 99.5 Å². The third-order valence-corrected chi connectivity index (χ3v) is 8.72. The molecule has 2 amide bonds. The number of amides is 2. The molecule has 2 atom stereocenters. The quantitative estimate of drug-likeness (QED) is 0.223. The van der Waals surface area contributed by atoms with Gasteiger partial charge in [0, 0.05) is 41.5 Å².